The van der Waals surface area contributed by atoms with Crippen LogP contribution in [0.25, 0.3) is 11.3 Å². The lowest BCUT2D eigenvalue weighted by molar-refractivity contribution is -0.129. The fourth-order valence-electron chi connectivity index (χ4n) is 3.57. The molecule has 0 fully saturated rings. The van der Waals surface area contributed by atoms with E-state index in [1.807, 2.05) is 85.8 Å². The lowest BCUT2D eigenvalue weighted by Gasteiger charge is -2.21. The summed E-state index contributed by atoms with van der Waals surface area (Å²) >= 11 is 0. The van der Waals surface area contributed by atoms with Crippen LogP contribution in [-0.4, -0.2) is 19.0 Å². The molecule has 5 rings (SSSR count). The van der Waals surface area contributed by atoms with Gasteiger partial charge in [0.15, 0.2) is 5.70 Å². The fourth-order valence-corrected chi connectivity index (χ4v) is 3.57. The van der Waals surface area contributed by atoms with Gasteiger partial charge in [-0.2, -0.15) is 0 Å². The zero-order chi connectivity index (χ0) is 21.4. The maximum atomic E-state index is 12.8. The minimum atomic E-state index is -0.478. The van der Waals surface area contributed by atoms with E-state index < -0.39 is 5.97 Å². The van der Waals surface area contributed by atoms with Gasteiger partial charge in [-0.1, -0.05) is 29.8 Å². The van der Waals surface area contributed by atoms with Crippen molar-refractivity contribution in [1.82, 2.24) is 0 Å². The number of cyclic esters (lactones) is 1. The molecule has 0 unspecified atom stereocenters. The Balaban J connectivity index is 1.67. The van der Waals surface area contributed by atoms with Gasteiger partial charge in [-0.3, -0.25) is 0 Å². The van der Waals surface area contributed by atoms with Crippen molar-refractivity contribution in [3.05, 3.63) is 107 Å². The first-order chi connectivity index (χ1) is 15.1. The Labute approximate surface area is 179 Å². The van der Waals surface area contributed by atoms with Crippen LogP contribution >= 0.6 is 0 Å². The molecule has 0 aromatic heterocycles. The molecule has 3 aromatic carbocycles. The number of carbonyl (C=O) groups is 1. The second-order valence-electron chi connectivity index (χ2n) is 7.27. The van der Waals surface area contributed by atoms with Crippen LogP contribution in [0.3, 0.4) is 0 Å². The minimum absolute atomic E-state index is 0.264. The van der Waals surface area contributed by atoms with E-state index in [4.69, 9.17) is 14.2 Å². The van der Waals surface area contributed by atoms with Crippen LogP contribution in [0.2, 0.25) is 0 Å². The highest BCUT2D eigenvalue weighted by atomic mass is 16.6. The fraction of sp³-hybridized carbons (Fsp3) is 0.0769. The Hall–Kier alpha value is -4.12. The van der Waals surface area contributed by atoms with E-state index in [1.165, 1.54) is 0 Å². The smallest absolute Gasteiger partial charge is 0.364 e. The van der Waals surface area contributed by atoms with Crippen LogP contribution in [0.4, 0.5) is 0 Å². The number of aliphatic imine (C=N–C) groups is 1. The minimum Gasteiger partial charge on any atom is -0.497 e. The first-order valence-corrected chi connectivity index (χ1v) is 9.88. The molecule has 0 atom stereocenters. The number of rotatable bonds is 3. The SMILES string of the molecule is COc1ccc(C2=CC(=C3N=C(c4ccccc4)OC3=O)c3cc(C)ccc3O2)cc1. The van der Waals surface area contributed by atoms with E-state index in [9.17, 15) is 4.79 Å². The maximum Gasteiger partial charge on any atom is 0.364 e. The molecule has 152 valence electrons. The molecule has 2 heterocycles. The molecule has 0 bridgehead atoms. The van der Waals surface area contributed by atoms with Crippen molar-refractivity contribution in [3.8, 4) is 11.5 Å². The molecule has 2 aliphatic rings. The van der Waals surface area contributed by atoms with Gasteiger partial charge in [-0.15, -0.1) is 0 Å². The third kappa shape index (κ3) is 3.51. The van der Waals surface area contributed by atoms with E-state index >= 15 is 0 Å². The summed E-state index contributed by atoms with van der Waals surface area (Å²) in [7, 11) is 1.63. The molecule has 0 radical (unpaired) electrons. The molecule has 0 N–H and O–H groups in total. The number of benzene rings is 3. The van der Waals surface area contributed by atoms with Crippen LogP contribution in [-0.2, 0) is 9.53 Å². The third-order valence-corrected chi connectivity index (χ3v) is 5.17. The highest BCUT2D eigenvalue weighted by Crippen LogP contribution is 2.40. The number of esters is 1. The molecular weight excluding hydrogens is 390 g/mol. The quantitative estimate of drug-likeness (QED) is 0.443. The summed E-state index contributed by atoms with van der Waals surface area (Å²) in [6.45, 7) is 2.00. The molecular formula is C26H19NO4. The van der Waals surface area contributed by atoms with Crippen molar-refractivity contribution in [3.63, 3.8) is 0 Å². The van der Waals surface area contributed by atoms with Gasteiger partial charge in [0.2, 0.25) is 5.90 Å². The van der Waals surface area contributed by atoms with E-state index in [2.05, 4.69) is 4.99 Å². The zero-order valence-corrected chi connectivity index (χ0v) is 17.1. The summed E-state index contributed by atoms with van der Waals surface area (Å²) in [5.41, 5.74) is 4.42. The summed E-state index contributed by atoms with van der Waals surface area (Å²) < 4.78 is 16.9. The van der Waals surface area contributed by atoms with Crippen LogP contribution in [0.5, 0.6) is 11.5 Å². The largest absolute Gasteiger partial charge is 0.497 e. The Morgan fingerprint density at radius 3 is 2.39 bits per heavy atom. The van der Waals surface area contributed by atoms with Gasteiger partial charge in [0.05, 0.1) is 7.11 Å². The Morgan fingerprint density at radius 1 is 0.871 bits per heavy atom. The Kier molecular flexibility index (Phi) is 4.64. The summed E-state index contributed by atoms with van der Waals surface area (Å²) in [5, 5.41) is 0. The normalized spacial score (nSPS) is 17.3. The van der Waals surface area contributed by atoms with Crippen molar-refractivity contribution >= 4 is 23.2 Å². The van der Waals surface area contributed by atoms with Crippen molar-refractivity contribution < 1.29 is 19.0 Å². The topological polar surface area (TPSA) is 57.1 Å². The number of carbonyl (C=O) groups excluding carboxylic acids is 1. The van der Waals surface area contributed by atoms with Gasteiger partial charge in [0.1, 0.15) is 17.3 Å². The molecule has 31 heavy (non-hydrogen) atoms. The van der Waals surface area contributed by atoms with Crippen LogP contribution in [0, 0.1) is 6.92 Å². The van der Waals surface area contributed by atoms with E-state index in [0.29, 0.717) is 23.0 Å². The molecule has 5 nitrogen and oxygen atoms in total. The molecule has 0 saturated heterocycles. The monoisotopic (exact) mass is 409 g/mol. The predicted octanol–water partition coefficient (Wildman–Crippen LogP) is 5.15. The number of methoxy groups -OCH3 is 1. The van der Waals surface area contributed by atoms with E-state index in [1.54, 1.807) is 7.11 Å². The molecule has 2 aliphatic heterocycles. The Bertz CT molecular complexity index is 1270. The van der Waals surface area contributed by atoms with E-state index in [-0.39, 0.29) is 5.70 Å². The van der Waals surface area contributed by atoms with Crippen LogP contribution in [0.1, 0.15) is 22.3 Å². The summed E-state index contributed by atoms with van der Waals surface area (Å²) in [6.07, 6.45) is 1.84. The Morgan fingerprint density at radius 2 is 1.65 bits per heavy atom. The standard InChI is InChI=1S/C26H19NO4/c1-16-8-13-22-20(14-16)21(15-23(30-22)17-9-11-19(29-2)12-10-17)24-26(28)31-25(27-24)18-6-4-3-5-7-18/h3-15H,1-2H3. The second-order valence-corrected chi connectivity index (χ2v) is 7.27. The summed E-state index contributed by atoms with van der Waals surface area (Å²) in [5.74, 6) is 1.86. The van der Waals surface area contributed by atoms with Crippen molar-refractivity contribution in [2.45, 2.75) is 6.92 Å². The second kappa shape index (κ2) is 7.61. The zero-order valence-electron chi connectivity index (χ0n) is 17.1. The number of fused-ring (bicyclic) bond motifs is 1. The van der Waals surface area contributed by atoms with Gasteiger partial charge < -0.3 is 14.2 Å². The van der Waals surface area contributed by atoms with Gasteiger partial charge in [-0.25, -0.2) is 9.79 Å². The van der Waals surface area contributed by atoms with Gasteiger partial charge in [0, 0.05) is 22.3 Å². The number of ether oxygens (including phenoxy) is 3. The average molecular weight is 409 g/mol. The van der Waals surface area contributed by atoms with Gasteiger partial charge in [-0.05, 0) is 61.5 Å². The number of aryl methyl sites for hydroxylation is 1. The molecule has 5 heteroatoms. The first kappa shape index (κ1) is 18.9. The van der Waals surface area contributed by atoms with Crippen molar-refractivity contribution in [2.24, 2.45) is 4.99 Å². The number of hydrogen-bond acceptors (Lipinski definition) is 5. The molecule has 0 saturated carbocycles. The molecule has 0 amide bonds. The van der Waals surface area contributed by atoms with Crippen LogP contribution < -0.4 is 9.47 Å². The average Bonchev–Trinajstić information content (AvgIpc) is 3.20. The third-order valence-electron chi connectivity index (χ3n) is 5.17. The van der Waals surface area contributed by atoms with Crippen molar-refractivity contribution in [2.75, 3.05) is 7.11 Å². The highest BCUT2D eigenvalue weighted by molar-refractivity contribution is 6.15. The van der Waals surface area contributed by atoms with Crippen molar-refractivity contribution in [1.29, 1.82) is 0 Å². The summed E-state index contributed by atoms with van der Waals surface area (Å²) in [6, 6.07) is 22.8. The lowest BCUT2D eigenvalue weighted by atomic mass is 9.96. The van der Waals surface area contributed by atoms with Crippen LogP contribution in [0.15, 0.2) is 89.6 Å². The van der Waals surface area contributed by atoms with Gasteiger partial charge >= 0.3 is 5.97 Å². The highest BCUT2D eigenvalue weighted by Gasteiger charge is 2.30. The first-order valence-electron chi connectivity index (χ1n) is 9.88. The summed E-state index contributed by atoms with van der Waals surface area (Å²) in [4.78, 5) is 17.3. The molecule has 0 spiro atoms. The number of allylic oxidation sites excluding steroid dienone is 2. The van der Waals surface area contributed by atoms with Gasteiger partial charge in [0.25, 0.3) is 0 Å². The molecule has 0 aliphatic carbocycles. The maximum absolute atomic E-state index is 12.8. The number of hydrogen-bond donors (Lipinski definition) is 0. The predicted molar refractivity (Wildman–Crippen MR) is 119 cm³/mol. The van der Waals surface area contributed by atoms with E-state index in [0.717, 1.165) is 28.0 Å². The number of nitrogens with zero attached hydrogens (tertiary/aromatic N) is 1. The molecule has 3 aromatic rings. The lowest BCUT2D eigenvalue weighted by Crippen LogP contribution is -2.08.